The third kappa shape index (κ3) is 3.56. The van der Waals surface area contributed by atoms with Gasteiger partial charge in [0, 0.05) is 24.1 Å². The molecule has 2 nitrogen and oxygen atoms in total. The Bertz CT molecular complexity index is 541. The lowest BCUT2D eigenvalue weighted by Crippen LogP contribution is -2.08. The summed E-state index contributed by atoms with van der Waals surface area (Å²) in [5.74, 6) is 0. The van der Waals surface area contributed by atoms with Crippen molar-refractivity contribution >= 4 is 5.69 Å². The predicted octanol–water partition coefficient (Wildman–Crippen LogP) is 4.53. The van der Waals surface area contributed by atoms with E-state index in [2.05, 4.69) is 16.8 Å². The van der Waals surface area contributed by atoms with E-state index in [1.807, 2.05) is 18.3 Å². The van der Waals surface area contributed by atoms with E-state index in [9.17, 15) is 13.2 Å². The highest BCUT2D eigenvalue weighted by molar-refractivity contribution is 5.45. The molecule has 0 atom stereocenters. The van der Waals surface area contributed by atoms with Crippen LogP contribution in [0.25, 0.3) is 0 Å². The summed E-state index contributed by atoms with van der Waals surface area (Å²) in [6.45, 7) is 3.64. The molecule has 20 heavy (non-hydrogen) atoms. The quantitative estimate of drug-likeness (QED) is 0.852. The van der Waals surface area contributed by atoms with E-state index in [-0.39, 0.29) is 0 Å². The number of anilines is 1. The number of aromatic nitrogens is 1. The number of halogens is 3. The molecule has 0 saturated heterocycles. The maximum Gasteiger partial charge on any atom is 0.416 e. The average Bonchev–Trinajstić information content (AvgIpc) is 2.84. The lowest BCUT2D eigenvalue weighted by Gasteiger charge is -2.11. The van der Waals surface area contributed by atoms with Gasteiger partial charge in [-0.3, -0.25) is 0 Å². The average molecular weight is 282 g/mol. The highest BCUT2D eigenvalue weighted by atomic mass is 19.4. The summed E-state index contributed by atoms with van der Waals surface area (Å²) in [6.07, 6.45) is -1.23. The molecule has 1 aromatic carbocycles. The number of hydrogen-bond donors (Lipinski definition) is 1. The first-order chi connectivity index (χ1) is 9.50. The van der Waals surface area contributed by atoms with Gasteiger partial charge >= 0.3 is 6.18 Å². The molecule has 1 N–H and O–H groups in total. The van der Waals surface area contributed by atoms with Crippen molar-refractivity contribution in [1.29, 1.82) is 0 Å². The standard InChI is InChI=1S/C15H17F3N2/c1-2-9-20-10-3-4-14(20)11-19-13-7-5-12(6-8-13)15(16,17)18/h3-8,10,19H,2,9,11H2,1H3. The molecule has 1 aromatic heterocycles. The molecule has 2 rings (SSSR count). The fourth-order valence-corrected chi connectivity index (χ4v) is 2.04. The summed E-state index contributed by atoms with van der Waals surface area (Å²) in [5, 5.41) is 3.14. The van der Waals surface area contributed by atoms with E-state index in [1.165, 1.54) is 12.1 Å². The van der Waals surface area contributed by atoms with Gasteiger partial charge in [-0.05, 0) is 42.8 Å². The Labute approximate surface area is 116 Å². The van der Waals surface area contributed by atoms with Crippen molar-refractivity contribution in [3.8, 4) is 0 Å². The summed E-state index contributed by atoms with van der Waals surface area (Å²) >= 11 is 0. The molecule has 0 radical (unpaired) electrons. The van der Waals surface area contributed by atoms with Gasteiger partial charge in [-0.2, -0.15) is 13.2 Å². The van der Waals surface area contributed by atoms with Crippen LogP contribution in [0.4, 0.5) is 18.9 Å². The molecule has 0 bridgehead atoms. The molecule has 1 heterocycles. The van der Waals surface area contributed by atoms with Crippen LogP contribution in [-0.2, 0) is 19.3 Å². The van der Waals surface area contributed by atoms with Gasteiger partial charge < -0.3 is 9.88 Å². The van der Waals surface area contributed by atoms with Crippen molar-refractivity contribution in [2.24, 2.45) is 0 Å². The minimum Gasteiger partial charge on any atom is -0.379 e. The van der Waals surface area contributed by atoms with Crippen molar-refractivity contribution in [2.75, 3.05) is 5.32 Å². The van der Waals surface area contributed by atoms with E-state index >= 15 is 0 Å². The Balaban J connectivity index is 1.99. The van der Waals surface area contributed by atoms with Crippen molar-refractivity contribution in [3.63, 3.8) is 0 Å². The Hall–Kier alpha value is -1.91. The first-order valence-electron chi connectivity index (χ1n) is 6.56. The van der Waals surface area contributed by atoms with Crippen LogP contribution in [0.1, 0.15) is 24.6 Å². The molecular formula is C15H17F3N2. The highest BCUT2D eigenvalue weighted by Crippen LogP contribution is 2.29. The number of nitrogens with one attached hydrogen (secondary N) is 1. The predicted molar refractivity (Wildman–Crippen MR) is 73.5 cm³/mol. The fourth-order valence-electron chi connectivity index (χ4n) is 2.04. The molecule has 0 amide bonds. The van der Waals surface area contributed by atoms with Gasteiger partial charge in [0.2, 0.25) is 0 Å². The van der Waals surface area contributed by atoms with E-state index in [1.54, 1.807) is 0 Å². The Morgan fingerprint density at radius 3 is 2.40 bits per heavy atom. The van der Waals surface area contributed by atoms with Crippen molar-refractivity contribution < 1.29 is 13.2 Å². The number of benzene rings is 1. The Morgan fingerprint density at radius 1 is 1.10 bits per heavy atom. The van der Waals surface area contributed by atoms with Crippen LogP contribution in [0.2, 0.25) is 0 Å². The second-order valence-electron chi connectivity index (χ2n) is 4.62. The van der Waals surface area contributed by atoms with Crippen molar-refractivity contribution in [2.45, 2.75) is 32.6 Å². The Kier molecular flexibility index (Phi) is 4.37. The van der Waals surface area contributed by atoms with E-state index in [4.69, 9.17) is 0 Å². The second-order valence-corrected chi connectivity index (χ2v) is 4.62. The van der Waals surface area contributed by atoms with Gasteiger partial charge in [0.1, 0.15) is 0 Å². The van der Waals surface area contributed by atoms with Crippen LogP contribution in [0.15, 0.2) is 42.6 Å². The summed E-state index contributed by atoms with van der Waals surface area (Å²) in [7, 11) is 0. The molecule has 0 saturated carbocycles. The van der Waals surface area contributed by atoms with Crippen LogP contribution in [-0.4, -0.2) is 4.57 Å². The van der Waals surface area contributed by atoms with Crippen LogP contribution in [0, 0.1) is 0 Å². The van der Waals surface area contributed by atoms with E-state index in [0.717, 1.165) is 30.8 Å². The van der Waals surface area contributed by atoms with Gasteiger partial charge in [-0.25, -0.2) is 0 Å². The maximum atomic E-state index is 12.4. The molecule has 0 aliphatic rings. The number of alkyl halides is 3. The maximum absolute atomic E-state index is 12.4. The molecule has 5 heteroatoms. The van der Waals surface area contributed by atoms with Crippen molar-refractivity contribution in [3.05, 3.63) is 53.9 Å². The van der Waals surface area contributed by atoms with Gasteiger partial charge in [-0.1, -0.05) is 6.92 Å². The summed E-state index contributed by atoms with van der Waals surface area (Å²) in [4.78, 5) is 0. The zero-order valence-corrected chi connectivity index (χ0v) is 11.2. The number of aryl methyl sites for hydroxylation is 1. The van der Waals surface area contributed by atoms with Crippen molar-refractivity contribution in [1.82, 2.24) is 4.57 Å². The van der Waals surface area contributed by atoms with Gasteiger partial charge in [-0.15, -0.1) is 0 Å². The molecule has 0 aliphatic heterocycles. The fraction of sp³-hybridized carbons (Fsp3) is 0.333. The zero-order valence-electron chi connectivity index (χ0n) is 11.2. The third-order valence-corrected chi connectivity index (χ3v) is 3.07. The van der Waals surface area contributed by atoms with Gasteiger partial charge in [0.05, 0.1) is 12.1 Å². The SMILES string of the molecule is CCCn1cccc1CNc1ccc(C(F)(F)F)cc1. The summed E-state index contributed by atoms with van der Waals surface area (Å²) in [6, 6.07) is 9.07. The van der Waals surface area contributed by atoms with Gasteiger partial charge in [0.15, 0.2) is 0 Å². The molecule has 0 spiro atoms. The van der Waals surface area contributed by atoms with Crippen LogP contribution in [0.3, 0.4) is 0 Å². The number of hydrogen-bond acceptors (Lipinski definition) is 1. The lowest BCUT2D eigenvalue weighted by molar-refractivity contribution is -0.137. The van der Waals surface area contributed by atoms with Crippen LogP contribution in [0.5, 0.6) is 0 Å². The first-order valence-corrected chi connectivity index (χ1v) is 6.56. The van der Waals surface area contributed by atoms with Crippen LogP contribution >= 0.6 is 0 Å². The monoisotopic (exact) mass is 282 g/mol. The largest absolute Gasteiger partial charge is 0.416 e. The third-order valence-electron chi connectivity index (χ3n) is 3.07. The molecule has 0 fully saturated rings. The number of rotatable bonds is 5. The minimum atomic E-state index is -4.28. The topological polar surface area (TPSA) is 17.0 Å². The normalized spacial score (nSPS) is 11.6. The number of nitrogens with zero attached hydrogens (tertiary/aromatic N) is 1. The first kappa shape index (κ1) is 14.5. The van der Waals surface area contributed by atoms with E-state index in [0.29, 0.717) is 12.2 Å². The molecule has 0 aliphatic carbocycles. The second kappa shape index (κ2) is 6.03. The Morgan fingerprint density at radius 2 is 1.80 bits per heavy atom. The van der Waals surface area contributed by atoms with Gasteiger partial charge in [0.25, 0.3) is 0 Å². The lowest BCUT2D eigenvalue weighted by atomic mass is 10.2. The molecule has 108 valence electrons. The smallest absolute Gasteiger partial charge is 0.379 e. The summed E-state index contributed by atoms with van der Waals surface area (Å²) < 4.78 is 39.5. The zero-order chi connectivity index (χ0) is 14.6. The molecule has 2 aromatic rings. The minimum absolute atomic E-state index is 0.596. The highest BCUT2D eigenvalue weighted by Gasteiger charge is 2.29. The van der Waals surface area contributed by atoms with Crippen LogP contribution < -0.4 is 5.32 Å². The summed E-state index contributed by atoms with van der Waals surface area (Å²) in [5.41, 5.74) is 1.17. The molecular weight excluding hydrogens is 265 g/mol. The van der Waals surface area contributed by atoms with E-state index < -0.39 is 11.7 Å². The molecule has 0 unspecified atom stereocenters.